The first-order chi connectivity index (χ1) is 9.52. The van der Waals surface area contributed by atoms with E-state index in [1.165, 1.54) is 12.8 Å². The molecule has 0 aromatic rings. The first kappa shape index (κ1) is 13.7. The molecule has 2 saturated carbocycles. The molecular formula is C15H24N2O3. The fourth-order valence-corrected chi connectivity index (χ4v) is 3.15. The van der Waals surface area contributed by atoms with E-state index in [-0.39, 0.29) is 6.03 Å². The topological polar surface area (TPSA) is 60.9 Å². The summed E-state index contributed by atoms with van der Waals surface area (Å²) >= 11 is 0. The third-order valence-corrected chi connectivity index (χ3v) is 4.97. The molecule has 2 amide bonds. The lowest BCUT2D eigenvalue weighted by molar-refractivity contribution is -0.150. The highest BCUT2D eigenvalue weighted by Crippen LogP contribution is 2.37. The Hall–Kier alpha value is -1.26. The van der Waals surface area contributed by atoms with Gasteiger partial charge in [0.1, 0.15) is 5.54 Å². The van der Waals surface area contributed by atoms with Gasteiger partial charge in [-0.05, 0) is 57.8 Å². The Morgan fingerprint density at radius 3 is 2.50 bits per heavy atom. The van der Waals surface area contributed by atoms with Crippen molar-refractivity contribution in [3.63, 3.8) is 0 Å². The quantitative estimate of drug-likeness (QED) is 0.859. The average molecular weight is 280 g/mol. The minimum absolute atomic E-state index is 0.0380. The Morgan fingerprint density at radius 1 is 1.25 bits per heavy atom. The summed E-state index contributed by atoms with van der Waals surface area (Å²) in [6.07, 6.45) is 6.96. The van der Waals surface area contributed by atoms with Crippen molar-refractivity contribution in [1.29, 1.82) is 0 Å². The van der Waals surface area contributed by atoms with Gasteiger partial charge in [-0.25, -0.2) is 9.59 Å². The van der Waals surface area contributed by atoms with Crippen LogP contribution in [0.25, 0.3) is 0 Å². The van der Waals surface area contributed by atoms with Crippen LogP contribution in [0, 0.1) is 5.92 Å². The molecule has 2 aliphatic carbocycles. The molecule has 1 atom stereocenters. The van der Waals surface area contributed by atoms with Crippen LogP contribution in [0.2, 0.25) is 0 Å². The zero-order valence-corrected chi connectivity index (χ0v) is 12.2. The summed E-state index contributed by atoms with van der Waals surface area (Å²) in [6, 6.07) is 0.326. The van der Waals surface area contributed by atoms with E-state index in [4.69, 9.17) is 0 Å². The molecule has 1 unspecified atom stereocenters. The Morgan fingerprint density at radius 2 is 1.95 bits per heavy atom. The monoisotopic (exact) mass is 280 g/mol. The maximum absolute atomic E-state index is 12.9. The normalized spacial score (nSPS) is 30.1. The second kappa shape index (κ2) is 4.93. The summed E-state index contributed by atoms with van der Waals surface area (Å²) in [5, 5.41) is 9.53. The third kappa shape index (κ3) is 2.50. The molecule has 3 rings (SSSR count). The fourth-order valence-electron chi connectivity index (χ4n) is 3.15. The van der Waals surface area contributed by atoms with E-state index in [1.54, 1.807) is 11.8 Å². The SMILES string of the molecule is CC1(C(=O)O)CCCCN1C(=O)N(CC1CC1)C1CC1. The van der Waals surface area contributed by atoms with Crippen LogP contribution in [0.5, 0.6) is 0 Å². The van der Waals surface area contributed by atoms with E-state index in [0.717, 1.165) is 32.2 Å². The van der Waals surface area contributed by atoms with Gasteiger partial charge >= 0.3 is 12.0 Å². The maximum atomic E-state index is 12.9. The van der Waals surface area contributed by atoms with Crippen molar-refractivity contribution in [2.24, 2.45) is 5.92 Å². The zero-order valence-electron chi connectivity index (χ0n) is 12.2. The minimum Gasteiger partial charge on any atom is -0.480 e. The van der Waals surface area contributed by atoms with Gasteiger partial charge < -0.3 is 14.9 Å². The number of hydrogen-bond donors (Lipinski definition) is 1. The van der Waals surface area contributed by atoms with Crippen molar-refractivity contribution < 1.29 is 14.7 Å². The van der Waals surface area contributed by atoms with E-state index >= 15 is 0 Å². The summed E-state index contributed by atoms with van der Waals surface area (Å²) in [5.74, 6) is -0.215. The first-order valence-corrected chi connectivity index (χ1v) is 7.84. The number of hydrogen-bond acceptors (Lipinski definition) is 2. The van der Waals surface area contributed by atoms with Crippen LogP contribution in [-0.4, -0.2) is 51.6 Å². The van der Waals surface area contributed by atoms with Crippen LogP contribution in [-0.2, 0) is 4.79 Å². The number of amides is 2. The number of carbonyl (C=O) groups excluding carboxylic acids is 1. The zero-order chi connectivity index (χ0) is 14.3. The van der Waals surface area contributed by atoms with Crippen molar-refractivity contribution in [2.45, 2.75) is 63.5 Å². The summed E-state index contributed by atoms with van der Waals surface area (Å²) in [4.78, 5) is 28.1. The standard InChI is InChI=1S/C15H24N2O3/c1-15(13(18)19)8-2-3-9-17(15)14(20)16(12-6-7-12)10-11-4-5-11/h11-12H,2-10H2,1H3,(H,18,19). The molecule has 0 bridgehead atoms. The van der Waals surface area contributed by atoms with Crippen LogP contribution in [0.15, 0.2) is 0 Å². The Kier molecular flexibility index (Phi) is 3.38. The number of piperidine rings is 1. The maximum Gasteiger partial charge on any atom is 0.329 e. The Bertz CT molecular complexity index is 417. The molecule has 5 nitrogen and oxygen atoms in total. The number of aliphatic carboxylic acids is 1. The third-order valence-electron chi connectivity index (χ3n) is 4.97. The van der Waals surface area contributed by atoms with E-state index in [1.807, 2.05) is 4.90 Å². The number of urea groups is 1. The highest BCUT2D eigenvalue weighted by molar-refractivity contribution is 5.86. The molecule has 112 valence electrons. The number of nitrogens with zero attached hydrogens (tertiary/aromatic N) is 2. The van der Waals surface area contributed by atoms with Crippen LogP contribution in [0.4, 0.5) is 4.79 Å². The fraction of sp³-hybridized carbons (Fsp3) is 0.867. The smallest absolute Gasteiger partial charge is 0.329 e. The number of carbonyl (C=O) groups is 2. The number of carboxylic acids is 1. The van der Waals surface area contributed by atoms with Crippen molar-refractivity contribution >= 4 is 12.0 Å². The lowest BCUT2D eigenvalue weighted by atomic mass is 9.89. The van der Waals surface area contributed by atoms with E-state index < -0.39 is 11.5 Å². The molecule has 0 spiro atoms. The van der Waals surface area contributed by atoms with Crippen LogP contribution < -0.4 is 0 Å². The molecular weight excluding hydrogens is 256 g/mol. The molecule has 1 saturated heterocycles. The second-order valence-corrected chi connectivity index (χ2v) is 6.80. The second-order valence-electron chi connectivity index (χ2n) is 6.80. The summed E-state index contributed by atoms with van der Waals surface area (Å²) < 4.78 is 0. The predicted octanol–water partition coefficient (Wildman–Crippen LogP) is 2.31. The number of carboxylic acid groups (broad SMARTS) is 1. The summed E-state index contributed by atoms with van der Waals surface area (Å²) in [6.45, 7) is 3.11. The highest BCUT2D eigenvalue weighted by atomic mass is 16.4. The minimum atomic E-state index is -1.02. The lowest BCUT2D eigenvalue weighted by Gasteiger charge is -2.44. The van der Waals surface area contributed by atoms with E-state index in [0.29, 0.717) is 24.9 Å². The van der Waals surface area contributed by atoms with Gasteiger partial charge in [-0.1, -0.05) is 0 Å². The van der Waals surface area contributed by atoms with Crippen molar-refractivity contribution in [3.05, 3.63) is 0 Å². The molecule has 0 aromatic heterocycles. The summed E-state index contributed by atoms with van der Waals surface area (Å²) in [7, 11) is 0. The highest BCUT2D eigenvalue weighted by Gasteiger charge is 2.47. The van der Waals surface area contributed by atoms with Crippen LogP contribution >= 0.6 is 0 Å². The van der Waals surface area contributed by atoms with Crippen LogP contribution in [0.3, 0.4) is 0 Å². The van der Waals surface area contributed by atoms with Gasteiger partial charge in [0.05, 0.1) is 0 Å². The first-order valence-electron chi connectivity index (χ1n) is 7.84. The molecule has 1 N–H and O–H groups in total. The molecule has 5 heteroatoms. The van der Waals surface area contributed by atoms with Gasteiger partial charge in [0.2, 0.25) is 0 Å². The Labute approximate surface area is 119 Å². The average Bonchev–Trinajstić information content (AvgIpc) is 3.27. The lowest BCUT2D eigenvalue weighted by Crippen LogP contribution is -2.61. The van der Waals surface area contributed by atoms with Crippen LogP contribution in [0.1, 0.15) is 51.9 Å². The molecule has 3 fully saturated rings. The summed E-state index contributed by atoms with van der Waals surface area (Å²) in [5.41, 5.74) is -1.02. The number of likely N-dealkylation sites (tertiary alicyclic amines) is 1. The number of rotatable bonds is 4. The molecule has 20 heavy (non-hydrogen) atoms. The van der Waals surface area contributed by atoms with Gasteiger partial charge in [0.25, 0.3) is 0 Å². The molecule has 3 aliphatic rings. The van der Waals surface area contributed by atoms with Gasteiger partial charge in [-0.3, -0.25) is 0 Å². The van der Waals surface area contributed by atoms with Gasteiger partial charge in [0.15, 0.2) is 0 Å². The van der Waals surface area contributed by atoms with E-state index in [9.17, 15) is 14.7 Å². The van der Waals surface area contributed by atoms with Gasteiger partial charge in [-0.15, -0.1) is 0 Å². The van der Waals surface area contributed by atoms with Crippen molar-refractivity contribution in [1.82, 2.24) is 9.80 Å². The molecule has 1 heterocycles. The molecule has 0 aromatic carbocycles. The van der Waals surface area contributed by atoms with Gasteiger partial charge in [0, 0.05) is 19.1 Å². The molecule has 0 radical (unpaired) electrons. The molecule has 1 aliphatic heterocycles. The predicted molar refractivity (Wildman–Crippen MR) is 74.4 cm³/mol. The largest absolute Gasteiger partial charge is 0.480 e. The Balaban J connectivity index is 1.76. The van der Waals surface area contributed by atoms with Crippen molar-refractivity contribution in [3.8, 4) is 0 Å². The van der Waals surface area contributed by atoms with Gasteiger partial charge in [-0.2, -0.15) is 0 Å². The van der Waals surface area contributed by atoms with E-state index in [2.05, 4.69) is 0 Å². The van der Waals surface area contributed by atoms with Crippen molar-refractivity contribution in [2.75, 3.05) is 13.1 Å².